The molecule has 1 heterocycles. The third-order valence-corrected chi connectivity index (χ3v) is 9.36. The number of carbonyl (C=O) groups is 2. The van der Waals surface area contributed by atoms with Crippen LogP contribution in [0.5, 0.6) is 0 Å². The molecule has 1 aliphatic rings. The number of aliphatic hydroxyl groups is 1. The number of benzene rings is 2. The maximum atomic E-state index is 14.0. The molecule has 2 atom stereocenters. The van der Waals surface area contributed by atoms with Crippen molar-refractivity contribution in [3.05, 3.63) is 60.2 Å². The largest absolute Gasteiger partial charge is 0.530 e. The van der Waals surface area contributed by atoms with Gasteiger partial charge in [-0.1, -0.05) is 50.6 Å². The summed E-state index contributed by atoms with van der Waals surface area (Å²) in [5, 5.41) is 25.3. The van der Waals surface area contributed by atoms with Crippen molar-refractivity contribution in [1.82, 2.24) is 14.5 Å². The number of anilines is 1. The predicted molar refractivity (Wildman–Crippen MR) is 165 cm³/mol. The van der Waals surface area contributed by atoms with Gasteiger partial charge in [-0.3, -0.25) is 0 Å². The maximum absolute atomic E-state index is 14.0. The fraction of sp³-hybridized carbons (Fsp3) is 0.548. The average molecular weight is 650 g/mol. The van der Waals surface area contributed by atoms with Gasteiger partial charge in [0.1, 0.15) is 12.9 Å². The summed E-state index contributed by atoms with van der Waals surface area (Å²) in [6.45, 7) is 4.31. The number of unbranched alkanes of at least 4 members (excludes halogenated alkanes) is 1. The number of alkyl carbamates (subject to hydrolysis) is 1. The van der Waals surface area contributed by atoms with Gasteiger partial charge in [-0.2, -0.15) is 4.31 Å². The molecule has 0 spiro atoms. The molecule has 1 fully saturated rings. The summed E-state index contributed by atoms with van der Waals surface area (Å²) in [5.74, 6) is 0. The monoisotopic (exact) mass is 649 g/mol. The Labute approximate surface area is 265 Å². The van der Waals surface area contributed by atoms with Gasteiger partial charge < -0.3 is 45.2 Å². The second-order valence-corrected chi connectivity index (χ2v) is 14.0. The van der Waals surface area contributed by atoms with Gasteiger partial charge in [0, 0.05) is 32.4 Å². The zero-order valence-electron chi connectivity index (χ0n) is 26.1. The Kier molecular flexibility index (Phi) is 13.4. The molecule has 13 nitrogen and oxygen atoms in total. The van der Waals surface area contributed by atoms with E-state index in [-0.39, 0.29) is 44.4 Å². The zero-order valence-corrected chi connectivity index (χ0v) is 26.9. The molecule has 3 rings (SSSR count). The van der Waals surface area contributed by atoms with E-state index < -0.39 is 45.9 Å². The van der Waals surface area contributed by atoms with Crippen molar-refractivity contribution in [1.29, 1.82) is 0 Å². The molecule has 1 aliphatic heterocycles. The van der Waals surface area contributed by atoms with Gasteiger partial charge >= 0.3 is 6.09 Å². The van der Waals surface area contributed by atoms with Gasteiger partial charge in [-0.25, -0.2) is 13.2 Å². The third-order valence-electron chi connectivity index (χ3n) is 7.54. The van der Waals surface area contributed by atoms with Crippen LogP contribution in [-0.4, -0.2) is 99.9 Å². The van der Waals surface area contributed by atoms with Crippen molar-refractivity contribution >= 4 is 27.9 Å². The average Bonchev–Trinajstić information content (AvgIpc) is 2.99. The summed E-state index contributed by atoms with van der Waals surface area (Å²) in [6.07, 6.45) is -1.99. The number of nitrogens with one attached hydrogen (secondary N) is 1. The van der Waals surface area contributed by atoms with Gasteiger partial charge in [0.2, 0.25) is 10.0 Å². The number of rotatable bonds is 16. The first-order chi connectivity index (χ1) is 21.3. The lowest BCUT2D eigenvalue weighted by Crippen LogP contribution is -2.52. The molecule has 0 aliphatic carbocycles. The molecule has 0 bridgehead atoms. The van der Waals surface area contributed by atoms with E-state index in [1.807, 2.05) is 44.2 Å². The fourth-order valence-electron chi connectivity index (χ4n) is 4.99. The molecular formula is C31H45N4O9S-. The van der Waals surface area contributed by atoms with Gasteiger partial charge in [0.05, 0.1) is 30.3 Å². The van der Waals surface area contributed by atoms with Crippen molar-refractivity contribution < 1.29 is 42.4 Å². The number of nitrogens with zero attached hydrogens (tertiary/aromatic N) is 2. The zero-order chi connectivity index (χ0) is 33.0. The van der Waals surface area contributed by atoms with Gasteiger partial charge in [-0.15, -0.1) is 0 Å². The Morgan fingerprint density at radius 2 is 1.76 bits per heavy atom. The Hall–Kier alpha value is -3.43. The molecular weight excluding hydrogens is 604 g/mol. The van der Waals surface area contributed by atoms with E-state index in [1.165, 1.54) is 35.6 Å². The van der Waals surface area contributed by atoms with Crippen molar-refractivity contribution in [2.45, 2.75) is 62.7 Å². The highest BCUT2D eigenvalue weighted by Gasteiger charge is 2.35. The third kappa shape index (κ3) is 11.8. The van der Waals surface area contributed by atoms with E-state index in [0.717, 1.165) is 10.5 Å². The highest BCUT2D eigenvalue weighted by Crippen LogP contribution is 2.29. The van der Waals surface area contributed by atoms with Crippen molar-refractivity contribution in [3.63, 3.8) is 0 Å². The number of hydrogen-bond acceptors (Lipinski definition) is 10. The summed E-state index contributed by atoms with van der Waals surface area (Å²) in [4.78, 5) is 25.0. The van der Waals surface area contributed by atoms with E-state index in [1.54, 1.807) is 0 Å². The van der Waals surface area contributed by atoms with Crippen LogP contribution >= 0.6 is 0 Å². The fourth-order valence-corrected chi connectivity index (χ4v) is 6.64. The van der Waals surface area contributed by atoms with Crippen LogP contribution in [-0.2, 0) is 30.7 Å². The molecule has 14 heteroatoms. The molecule has 250 valence electrons. The van der Waals surface area contributed by atoms with Gasteiger partial charge in [0.15, 0.2) is 6.10 Å². The minimum atomic E-state index is -4.11. The van der Waals surface area contributed by atoms with E-state index in [9.17, 15) is 28.2 Å². The quantitative estimate of drug-likeness (QED) is 0.179. The highest BCUT2D eigenvalue weighted by molar-refractivity contribution is 7.89. The van der Waals surface area contributed by atoms with Crippen molar-refractivity contribution in [2.24, 2.45) is 5.41 Å². The number of sulfonamides is 1. The molecule has 2 amide bonds. The van der Waals surface area contributed by atoms with Gasteiger partial charge in [0.25, 0.3) is 0 Å². The van der Waals surface area contributed by atoms with E-state index >= 15 is 0 Å². The molecule has 1 saturated heterocycles. The minimum Gasteiger partial charge on any atom is -0.530 e. The van der Waals surface area contributed by atoms with Crippen LogP contribution < -0.4 is 16.2 Å². The van der Waals surface area contributed by atoms with Crippen LogP contribution in [0.4, 0.5) is 15.3 Å². The van der Waals surface area contributed by atoms with Crippen LogP contribution in [0.25, 0.3) is 0 Å². The van der Waals surface area contributed by atoms with E-state index in [0.29, 0.717) is 31.5 Å². The van der Waals surface area contributed by atoms with Crippen LogP contribution in [0.2, 0.25) is 0 Å². The van der Waals surface area contributed by atoms with Gasteiger partial charge in [-0.05, 0) is 54.5 Å². The maximum Gasteiger partial charge on any atom is 0.407 e. The van der Waals surface area contributed by atoms with E-state index in [2.05, 4.69) is 5.32 Å². The first-order valence-electron chi connectivity index (χ1n) is 14.9. The van der Waals surface area contributed by atoms with Crippen LogP contribution in [0.1, 0.15) is 38.7 Å². The predicted octanol–water partition coefficient (Wildman–Crippen LogP) is 1.80. The lowest BCUT2D eigenvalue weighted by atomic mass is 9.87. The number of carbonyl (C=O) groups excluding carboxylic acids is 2. The summed E-state index contributed by atoms with van der Waals surface area (Å²) in [6, 6.07) is 14.1. The summed E-state index contributed by atoms with van der Waals surface area (Å²) >= 11 is 0. The van der Waals surface area contributed by atoms with Crippen LogP contribution in [0.3, 0.4) is 0 Å². The summed E-state index contributed by atoms with van der Waals surface area (Å²) in [5.41, 5.74) is 6.47. The topological polar surface area (TPSA) is 184 Å². The second-order valence-electron chi connectivity index (χ2n) is 12.1. The molecule has 0 unspecified atom stereocenters. The van der Waals surface area contributed by atoms with Crippen LogP contribution in [0, 0.1) is 5.41 Å². The molecule has 2 aromatic carbocycles. The first kappa shape index (κ1) is 36.0. The number of nitrogen functional groups attached to an aromatic ring is 1. The molecule has 0 saturated carbocycles. The summed E-state index contributed by atoms with van der Waals surface area (Å²) < 4.78 is 45.0. The molecule has 45 heavy (non-hydrogen) atoms. The number of ether oxygens (including phenoxy) is 3. The van der Waals surface area contributed by atoms with Crippen molar-refractivity contribution in [3.8, 4) is 0 Å². The van der Waals surface area contributed by atoms with E-state index in [4.69, 9.17) is 19.9 Å². The lowest BCUT2D eigenvalue weighted by molar-refractivity contribution is -0.264. The molecule has 4 N–H and O–H groups in total. The Bertz CT molecular complexity index is 1320. The first-order valence-corrected chi connectivity index (χ1v) is 16.3. The minimum absolute atomic E-state index is 0.0135. The number of carboxylic acid groups (broad SMARTS) is 1. The smallest absolute Gasteiger partial charge is 0.407 e. The Morgan fingerprint density at radius 1 is 1.11 bits per heavy atom. The SMILES string of the molecule is CN(CCCCC(C)(C)CN(C[C@@H](O)[C@H](Cc1ccccc1)NC(=O)OC1COCOC1)S(=O)(=O)c1ccc(N)cc1)C(=O)[O-]. The number of hydrogen-bond donors (Lipinski definition) is 3. The highest BCUT2D eigenvalue weighted by atomic mass is 32.2. The number of aliphatic hydroxyl groups excluding tert-OH is 1. The van der Waals surface area contributed by atoms with Crippen molar-refractivity contribution in [2.75, 3.05) is 52.4 Å². The Balaban J connectivity index is 1.82. The van der Waals surface area contributed by atoms with Crippen LogP contribution in [0.15, 0.2) is 59.5 Å². The normalized spacial score (nSPS) is 15.8. The molecule has 0 aromatic heterocycles. The summed E-state index contributed by atoms with van der Waals surface area (Å²) in [7, 11) is -2.67. The standard InChI is InChI=1S/C31H46N4O9S/c1-31(2,15-7-8-16-34(3)30(38)39)21-35(45(40,41)26-13-11-24(32)12-14-26)18-28(36)27(17-23-9-5-4-6-10-23)33-29(37)44-25-19-42-22-43-20-25/h4-6,9-14,25,27-28,36H,7-8,15-22,32H2,1-3H3,(H,33,37)(H,38,39)/p-1/t27-,28+/m0/s1. The lowest BCUT2D eigenvalue weighted by Gasteiger charge is -2.35. The number of nitrogens with two attached hydrogens (primary N) is 1. The molecule has 0 radical (unpaired) electrons. The second kappa shape index (κ2) is 16.8. The Morgan fingerprint density at radius 3 is 2.38 bits per heavy atom. The molecule has 2 aromatic rings. The number of amides is 2.